The van der Waals surface area contributed by atoms with Crippen molar-refractivity contribution < 1.29 is 17.6 Å². The van der Waals surface area contributed by atoms with Crippen LogP contribution >= 0.6 is 0 Å². The van der Waals surface area contributed by atoms with E-state index in [1.54, 1.807) is 35.2 Å². The highest BCUT2D eigenvalue weighted by molar-refractivity contribution is 7.88. The molecule has 0 radical (unpaired) electrons. The molecule has 0 N–H and O–H groups in total. The summed E-state index contributed by atoms with van der Waals surface area (Å²) in [7, 11) is -3.42. The summed E-state index contributed by atoms with van der Waals surface area (Å²) in [6.45, 7) is 1.17. The molecule has 0 bridgehead atoms. The van der Waals surface area contributed by atoms with Gasteiger partial charge in [-0.05, 0) is 17.2 Å². The van der Waals surface area contributed by atoms with Crippen molar-refractivity contribution in [3.05, 3.63) is 71.5 Å². The van der Waals surface area contributed by atoms with Crippen LogP contribution in [-0.4, -0.2) is 49.7 Å². The normalized spacial score (nSPS) is 15.8. The standard InChI is InChI=1S/C19H21FN2O3S/c20-18-9-5-4-8-17(18)14-19(23)21-10-12-22(13-11-21)26(24,25)15-16-6-2-1-3-7-16/h1-9H,10-15H2. The van der Waals surface area contributed by atoms with Crippen LogP contribution in [-0.2, 0) is 27.0 Å². The maximum atomic E-state index is 13.7. The molecule has 0 spiro atoms. The number of carbonyl (C=O) groups is 1. The molecule has 0 aliphatic carbocycles. The van der Waals surface area contributed by atoms with E-state index in [0.717, 1.165) is 5.56 Å². The van der Waals surface area contributed by atoms with E-state index >= 15 is 0 Å². The first kappa shape index (κ1) is 18.5. The third-order valence-corrected chi connectivity index (χ3v) is 6.33. The molecule has 1 fully saturated rings. The summed E-state index contributed by atoms with van der Waals surface area (Å²) in [5.41, 5.74) is 1.10. The number of rotatable bonds is 5. The largest absolute Gasteiger partial charge is 0.340 e. The van der Waals surface area contributed by atoms with E-state index in [1.807, 2.05) is 18.2 Å². The van der Waals surface area contributed by atoms with Crippen LogP contribution in [0.1, 0.15) is 11.1 Å². The molecule has 1 saturated heterocycles. The Balaban J connectivity index is 1.57. The molecule has 1 amide bonds. The first-order valence-corrected chi connectivity index (χ1v) is 10.1. The number of sulfonamides is 1. The second kappa shape index (κ2) is 7.97. The zero-order valence-electron chi connectivity index (χ0n) is 14.3. The van der Waals surface area contributed by atoms with Gasteiger partial charge in [-0.1, -0.05) is 48.5 Å². The molecule has 0 atom stereocenters. The number of benzene rings is 2. The second-order valence-corrected chi connectivity index (χ2v) is 8.26. The van der Waals surface area contributed by atoms with Gasteiger partial charge in [0.15, 0.2) is 0 Å². The van der Waals surface area contributed by atoms with Gasteiger partial charge in [0.1, 0.15) is 5.82 Å². The van der Waals surface area contributed by atoms with Crippen molar-refractivity contribution in [2.24, 2.45) is 0 Å². The highest BCUT2D eigenvalue weighted by atomic mass is 32.2. The minimum Gasteiger partial charge on any atom is -0.340 e. The predicted molar refractivity (Wildman–Crippen MR) is 97.3 cm³/mol. The third kappa shape index (κ3) is 4.47. The molecule has 0 aromatic heterocycles. The molecule has 26 heavy (non-hydrogen) atoms. The topological polar surface area (TPSA) is 57.7 Å². The summed E-state index contributed by atoms with van der Waals surface area (Å²) in [4.78, 5) is 14.0. The lowest BCUT2D eigenvalue weighted by molar-refractivity contribution is -0.131. The Kier molecular flexibility index (Phi) is 5.68. The molecule has 138 valence electrons. The fourth-order valence-electron chi connectivity index (χ4n) is 3.01. The summed E-state index contributed by atoms with van der Waals surface area (Å²) in [5.74, 6) is -0.628. The number of hydrogen-bond donors (Lipinski definition) is 0. The third-order valence-electron chi connectivity index (χ3n) is 4.48. The van der Waals surface area contributed by atoms with Gasteiger partial charge in [0, 0.05) is 26.2 Å². The zero-order chi connectivity index (χ0) is 18.6. The lowest BCUT2D eigenvalue weighted by atomic mass is 10.1. The van der Waals surface area contributed by atoms with Crippen molar-refractivity contribution in [1.29, 1.82) is 0 Å². The van der Waals surface area contributed by atoms with Gasteiger partial charge in [-0.2, -0.15) is 4.31 Å². The Hall–Kier alpha value is -2.25. The SMILES string of the molecule is O=C(Cc1ccccc1F)N1CCN(S(=O)(=O)Cc2ccccc2)CC1. The van der Waals surface area contributed by atoms with Crippen molar-refractivity contribution in [3.63, 3.8) is 0 Å². The fraction of sp³-hybridized carbons (Fsp3) is 0.316. The molecular weight excluding hydrogens is 355 g/mol. The molecular formula is C19H21FN2O3S. The number of halogens is 1. The maximum Gasteiger partial charge on any atom is 0.227 e. The van der Waals surface area contributed by atoms with Crippen molar-refractivity contribution in [1.82, 2.24) is 9.21 Å². The van der Waals surface area contributed by atoms with E-state index in [2.05, 4.69) is 0 Å². The number of piperazine rings is 1. The lowest BCUT2D eigenvalue weighted by Gasteiger charge is -2.34. The van der Waals surface area contributed by atoms with Crippen molar-refractivity contribution in [2.45, 2.75) is 12.2 Å². The van der Waals surface area contributed by atoms with Crippen LogP contribution in [0.25, 0.3) is 0 Å². The minimum atomic E-state index is -3.42. The summed E-state index contributed by atoms with van der Waals surface area (Å²) in [6, 6.07) is 15.2. The van der Waals surface area contributed by atoms with Crippen LogP contribution in [0.2, 0.25) is 0 Å². The van der Waals surface area contributed by atoms with Gasteiger partial charge < -0.3 is 4.90 Å². The monoisotopic (exact) mass is 376 g/mol. The van der Waals surface area contributed by atoms with Gasteiger partial charge >= 0.3 is 0 Å². The Labute approximate surface area is 153 Å². The highest BCUT2D eigenvalue weighted by Crippen LogP contribution is 2.15. The van der Waals surface area contributed by atoms with E-state index in [9.17, 15) is 17.6 Å². The van der Waals surface area contributed by atoms with E-state index < -0.39 is 15.8 Å². The molecule has 5 nitrogen and oxygen atoms in total. The van der Waals surface area contributed by atoms with Gasteiger partial charge in [-0.3, -0.25) is 4.79 Å². The van der Waals surface area contributed by atoms with Crippen LogP contribution in [0, 0.1) is 5.82 Å². The van der Waals surface area contributed by atoms with Crippen molar-refractivity contribution in [2.75, 3.05) is 26.2 Å². The molecule has 1 aliphatic rings. The quantitative estimate of drug-likeness (QED) is 0.802. The molecule has 2 aromatic rings. The Morgan fingerprint density at radius 2 is 1.54 bits per heavy atom. The Bertz CT molecular complexity index is 863. The molecule has 1 heterocycles. The van der Waals surface area contributed by atoms with Crippen LogP contribution in [0.15, 0.2) is 54.6 Å². The maximum absolute atomic E-state index is 13.7. The smallest absolute Gasteiger partial charge is 0.227 e. The Morgan fingerprint density at radius 1 is 0.923 bits per heavy atom. The van der Waals surface area contributed by atoms with Gasteiger partial charge in [0.2, 0.25) is 15.9 Å². The van der Waals surface area contributed by atoms with Gasteiger partial charge in [-0.15, -0.1) is 0 Å². The molecule has 0 saturated carbocycles. The van der Waals surface area contributed by atoms with E-state index in [-0.39, 0.29) is 31.2 Å². The average Bonchev–Trinajstić information content (AvgIpc) is 2.64. The molecule has 0 unspecified atom stereocenters. The fourth-order valence-corrected chi connectivity index (χ4v) is 4.52. The molecule has 1 aliphatic heterocycles. The summed E-state index contributed by atoms with van der Waals surface area (Å²) in [6.07, 6.45) is -0.0105. The molecule has 3 rings (SSSR count). The number of hydrogen-bond acceptors (Lipinski definition) is 3. The number of amides is 1. The van der Waals surface area contributed by atoms with Gasteiger partial charge in [0.25, 0.3) is 0 Å². The average molecular weight is 376 g/mol. The van der Waals surface area contributed by atoms with Crippen LogP contribution < -0.4 is 0 Å². The van der Waals surface area contributed by atoms with Crippen molar-refractivity contribution >= 4 is 15.9 Å². The highest BCUT2D eigenvalue weighted by Gasteiger charge is 2.29. The predicted octanol–water partition coefficient (Wildman–Crippen LogP) is 2.04. The first-order valence-electron chi connectivity index (χ1n) is 8.48. The van der Waals surface area contributed by atoms with Gasteiger partial charge in [0.05, 0.1) is 12.2 Å². The van der Waals surface area contributed by atoms with Gasteiger partial charge in [-0.25, -0.2) is 12.8 Å². The van der Waals surface area contributed by atoms with Crippen molar-refractivity contribution in [3.8, 4) is 0 Å². The summed E-state index contributed by atoms with van der Waals surface area (Å²) in [5, 5.41) is 0. The molecule has 2 aromatic carbocycles. The number of carbonyl (C=O) groups excluding carboxylic acids is 1. The molecule has 7 heteroatoms. The summed E-state index contributed by atoms with van der Waals surface area (Å²) < 4.78 is 40.2. The summed E-state index contributed by atoms with van der Waals surface area (Å²) >= 11 is 0. The second-order valence-electron chi connectivity index (χ2n) is 6.29. The van der Waals surface area contributed by atoms with E-state index in [0.29, 0.717) is 18.7 Å². The first-order chi connectivity index (χ1) is 12.5. The van der Waals surface area contributed by atoms with E-state index in [1.165, 1.54) is 10.4 Å². The Morgan fingerprint density at radius 3 is 2.19 bits per heavy atom. The van der Waals surface area contributed by atoms with Crippen LogP contribution in [0.3, 0.4) is 0 Å². The lowest BCUT2D eigenvalue weighted by Crippen LogP contribution is -2.51. The van der Waals surface area contributed by atoms with E-state index in [4.69, 9.17) is 0 Å². The number of nitrogens with zero attached hydrogens (tertiary/aromatic N) is 2. The zero-order valence-corrected chi connectivity index (χ0v) is 15.2. The van der Waals surface area contributed by atoms with Crippen LogP contribution in [0.4, 0.5) is 4.39 Å². The van der Waals surface area contributed by atoms with Crippen LogP contribution in [0.5, 0.6) is 0 Å². The minimum absolute atomic E-state index is 0.0105.